The Labute approximate surface area is 121 Å². The van der Waals surface area contributed by atoms with Gasteiger partial charge < -0.3 is 5.73 Å². The minimum atomic E-state index is 0.182. The summed E-state index contributed by atoms with van der Waals surface area (Å²) in [5.41, 5.74) is 7.64. The molecular weight excluding hydrogens is 256 g/mol. The number of benzene rings is 1. The number of hydrogen-bond acceptors (Lipinski definition) is 2. The van der Waals surface area contributed by atoms with E-state index in [2.05, 4.69) is 30.9 Å². The topological polar surface area (TPSA) is 29.3 Å². The molecule has 0 saturated carbocycles. The van der Waals surface area contributed by atoms with Crippen LogP contribution in [0.5, 0.6) is 0 Å². The summed E-state index contributed by atoms with van der Waals surface area (Å²) in [5.74, 6) is 0.648. The molecular formula is C16H25ClN2. The number of nitrogens with zero attached hydrogens (tertiary/aromatic N) is 1. The number of rotatable bonds is 3. The largest absolute Gasteiger partial charge is 0.326 e. The Kier molecular flexibility index (Phi) is 5.26. The average Bonchev–Trinajstić information content (AvgIpc) is 2.52. The molecule has 0 aliphatic carbocycles. The molecule has 1 heterocycles. The molecule has 0 aromatic heterocycles. The van der Waals surface area contributed by atoms with E-state index < -0.39 is 0 Å². The second-order valence-corrected chi connectivity index (χ2v) is 6.42. The van der Waals surface area contributed by atoms with Gasteiger partial charge in [-0.2, -0.15) is 0 Å². The zero-order valence-corrected chi connectivity index (χ0v) is 12.7. The minimum Gasteiger partial charge on any atom is -0.326 e. The Morgan fingerprint density at radius 2 is 2.05 bits per heavy atom. The van der Waals surface area contributed by atoms with Crippen LogP contribution in [0.3, 0.4) is 0 Å². The summed E-state index contributed by atoms with van der Waals surface area (Å²) in [6.45, 7) is 6.74. The molecule has 2 N–H and O–H groups in total. The van der Waals surface area contributed by atoms with Gasteiger partial charge in [-0.1, -0.05) is 50.1 Å². The number of nitrogens with two attached hydrogens (primary N) is 1. The van der Waals surface area contributed by atoms with Crippen molar-refractivity contribution in [2.24, 2.45) is 11.7 Å². The van der Waals surface area contributed by atoms with Crippen molar-refractivity contribution in [2.45, 2.75) is 45.2 Å². The van der Waals surface area contributed by atoms with Crippen LogP contribution in [0, 0.1) is 5.92 Å². The third-order valence-electron chi connectivity index (χ3n) is 3.86. The maximum atomic E-state index is 6.45. The highest BCUT2D eigenvalue weighted by atomic mass is 35.5. The van der Waals surface area contributed by atoms with E-state index in [1.807, 2.05) is 12.1 Å². The van der Waals surface area contributed by atoms with Crippen molar-refractivity contribution in [3.05, 3.63) is 34.9 Å². The normalized spacial score (nSPS) is 25.5. The molecule has 0 amide bonds. The van der Waals surface area contributed by atoms with E-state index in [0.717, 1.165) is 24.5 Å². The van der Waals surface area contributed by atoms with Gasteiger partial charge in [0.15, 0.2) is 0 Å². The summed E-state index contributed by atoms with van der Waals surface area (Å²) in [6.07, 6.45) is 3.54. The number of halogens is 1. The summed E-state index contributed by atoms with van der Waals surface area (Å²) in [7, 11) is 0. The van der Waals surface area contributed by atoms with Gasteiger partial charge in [0.25, 0.3) is 0 Å². The zero-order valence-electron chi connectivity index (χ0n) is 12.0. The molecule has 1 aromatic rings. The van der Waals surface area contributed by atoms with E-state index in [9.17, 15) is 0 Å². The van der Waals surface area contributed by atoms with Crippen molar-refractivity contribution in [2.75, 3.05) is 13.1 Å². The van der Waals surface area contributed by atoms with Gasteiger partial charge in [-0.05, 0) is 36.9 Å². The third kappa shape index (κ3) is 3.71. The van der Waals surface area contributed by atoms with Gasteiger partial charge in [0, 0.05) is 17.6 Å². The Balaban J connectivity index is 2.31. The summed E-state index contributed by atoms with van der Waals surface area (Å²) in [5, 5.41) is 0.846. The maximum Gasteiger partial charge on any atom is 0.0514 e. The van der Waals surface area contributed by atoms with Crippen LogP contribution in [-0.4, -0.2) is 24.0 Å². The van der Waals surface area contributed by atoms with Crippen LogP contribution >= 0.6 is 11.6 Å². The summed E-state index contributed by atoms with van der Waals surface area (Å²) < 4.78 is 0. The molecule has 1 aliphatic rings. The fourth-order valence-corrected chi connectivity index (χ4v) is 3.33. The number of hydrogen-bond donors (Lipinski definition) is 1. The Morgan fingerprint density at radius 1 is 1.32 bits per heavy atom. The fourth-order valence-electron chi connectivity index (χ4n) is 3.08. The first-order valence-electron chi connectivity index (χ1n) is 7.33. The van der Waals surface area contributed by atoms with Crippen LogP contribution in [0.1, 0.15) is 44.7 Å². The molecule has 0 spiro atoms. The first kappa shape index (κ1) is 14.8. The van der Waals surface area contributed by atoms with Gasteiger partial charge in [0.1, 0.15) is 0 Å². The molecule has 2 nitrogen and oxygen atoms in total. The van der Waals surface area contributed by atoms with Crippen molar-refractivity contribution in [1.29, 1.82) is 0 Å². The lowest BCUT2D eigenvalue weighted by molar-refractivity contribution is 0.166. The minimum absolute atomic E-state index is 0.182. The maximum absolute atomic E-state index is 6.45. The number of likely N-dealkylation sites (tertiary alicyclic amines) is 1. The second kappa shape index (κ2) is 6.74. The Bertz CT molecular complexity index is 405. The van der Waals surface area contributed by atoms with Gasteiger partial charge in [0.05, 0.1) is 6.04 Å². The van der Waals surface area contributed by atoms with Crippen molar-refractivity contribution in [3.8, 4) is 0 Å². The molecule has 0 radical (unpaired) electrons. The second-order valence-electron chi connectivity index (χ2n) is 6.01. The van der Waals surface area contributed by atoms with Crippen LogP contribution in [0.4, 0.5) is 0 Å². The van der Waals surface area contributed by atoms with Gasteiger partial charge in [-0.15, -0.1) is 0 Å². The first-order valence-corrected chi connectivity index (χ1v) is 7.71. The molecule has 2 rings (SSSR count). The van der Waals surface area contributed by atoms with Crippen LogP contribution in [0.2, 0.25) is 5.02 Å². The predicted octanol–water partition coefficient (Wildman–Crippen LogP) is 3.85. The van der Waals surface area contributed by atoms with Gasteiger partial charge in [0.2, 0.25) is 0 Å². The Morgan fingerprint density at radius 3 is 2.74 bits per heavy atom. The molecule has 3 heteroatoms. The zero-order chi connectivity index (χ0) is 13.8. The van der Waals surface area contributed by atoms with E-state index in [-0.39, 0.29) is 12.1 Å². The molecule has 19 heavy (non-hydrogen) atoms. The van der Waals surface area contributed by atoms with Crippen molar-refractivity contribution < 1.29 is 0 Å². The highest BCUT2D eigenvalue weighted by Crippen LogP contribution is 2.33. The molecule has 1 aromatic carbocycles. The van der Waals surface area contributed by atoms with Crippen molar-refractivity contribution >= 4 is 11.6 Å². The molecule has 2 unspecified atom stereocenters. The van der Waals surface area contributed by atoms with Gasteiger partial charge >= 0.3 is 0 Å². The Hall–Kier alpha value is -0.570. The summed E-state index contributed by atoms with van der Waals surface area (Å²) in [4.78, 5) is 2.53. The fraction of sp³-hybridized carbons (Fsp3) is 0.625. The molecule has 2 atom stereocenters. The van der Waals surface area contributed by atoms with Crippen molar-refractivity contribution in [1.82, 2.24) is 4.90 Å². The van der Waals surface area contributed by atoms with E-state index in [1.54, 1.807) is 0 Å². The third-order valence-corrected chi connectivity index (χ3v) is 4.20. The van der Waals surface area contributed by atoms with Crippen LogP contribution in [0.15, 0.2) is 24.3 Å². The highest BCUT2D eigenvalue weighted by Gasteiger charge is 2.30. The summed E-state index contributed by atoms with van der Waals surface area (Å²) in [6, 6.07) is 8.60. The lowest BCUT2D eigenvalue weighted by Gasteiger charge is -2.35. The van der Waals surface area contributed by atoms with E-state index >= 15 is 0 Å². The monoisotopic (exact) mass is 280 g/mol. The first-order chi connectivity index (χ1) is 9.09. The lowest BCUT2D eigenvalue weighted by atomic mass is 9.95. The van der Waals surface area contributed by atoms with E-state index in [1.165, 1.54) is 18.4 Å². The quantitative estimate of drug-likeness (QED) is 0.911. The van der Waals surface area contributed by atoms with E-state index in [4.69, 9.17) is 17.3 Å². The summed E-state index contributed by atoms with van der Waals surface area (Å²) >= 11 is 6.40. The highest BCUT2D eigenvalue weighted by molar-refractivity contribution is 6.31. The predicted molar refractivity (Wildman–Crippen MR) is 82.4 cm³/mol. The van der Waals surface area contributed by atoms with Crippen LogP contribution < -0.4 is 5.73 Å². The molecule has 1 saturated heterocycles. The smallest absolute Gasteiger partial charge is 0.0514 e. The molecule has 0 bridgehead atoms. The van der Waals surface area contributed by atoms with Crippen molar-refractivity contribution in [3.63, 3.8) is 0 Å². The van der Waals surface area contributed by atoms with Crippen LogP contribution in [-0.2, 0) is 0 Å². The van der Waals surface area contributed by atoms with Gasteiger partial charge in [-0.25, -0.2) is 0 Å². The standard InChI is InChI=1S/C16H25ClN2/c1-12(2)11-19-10-6-5-9-15(18)16(19)13-7-3-4-8-14(13)17/h3-4,7-8,12,15-16H,5-6,9-11,18H2,1-2H3. The van der Waals surface area contributed by atoms with Crippen LogP contribution in [0.25, 0.3) is 0 Å². The average molecular weight is 281 g/mol. The van der Waals surface area contributed by atoms with E-state index in [0.29, 0.717) is 5.92 Å². The molecule has 106 valence electrons. The SMILES string of the molecule is CC(C)CN1CCCCC(N)C1c1ccccc1Cl. The lowest BCUT2D eigenvalue weighted by Crippen LogP contribution is -2.41. The van der Waals surface area contributed by atoms with Gasteiger partial charge in [-0.3, -0.25) is 4.90 Å². The molecule has 1 aliphatic heterocycles. The molecule has 1 fully saturated rings.